The number of aromatic nitrogens is 2. The minimum Gasteiger partial charge on any atom is -0.618 e. The maximum atomic E-state index is 10.9. The third-order valence-corrected chi connectivity index (χ3v) is 1.71. The standard InChI is InChI=1S/C10H7N2O/c13-12-7-1-2-10(8-12)9-3-5-11-6-4-9/h1-7H. The molecule has 0 aliphatic heterocycles. The van der Waals surface area contributed by atoms with E-state index in [4.69, 9.17) is 0 Å². The Hall–Kier alpha value is -1.90. The van der Waals surface area contributed by atoms with Crippen molar-refractivity contribution in [1.29, 1.82) is 0 Å². The quantitative estimate of drug-likeness (QED) is 0.477. The average molecular weight is 171 g/mol. The van der Waals surface area contributed by atoms with Gasteiger partial charge in [0.15, 0.2) is 6.20 Å². The van der Waals surface area contributed by atoms with Crippen molar-refractivity contribution < 1.29 is 4.73 Å². The summed E-state index contributed by atoms with van der Waals surface area (Å²) in [6.07, 6.45) is 7.44. The Kier molecular flexibility index (Phi) is 1.92. The van der Waals surface area contributed by atoms with Gasteiger partial charge in [-0.3, -0.25) is 4.98 Å². The highest BCUT2D eigenvalue weighted by atomic mass is 16.5. The van der Waals surface area contributed by atoms with Crippen LogP contribution in [0.2, 0.25) is 0 Å². The smallest absolute Gasteiger partial charge is 0.298 e. The van der Waals surface area contributed by atoms with Gasteiger partial charge < -0.3 is 5.21 Å². The van der Waals surface area contributed by atoms with E-state index in [1.807, 2.05) is 18.2 Å². The lowest BCUT2D eigenvalue weighted by Gasteiger charge is -1.98. The van der Waals surface area contributed by atoms with Gasteiger partial charge in [0.25, 0.3) is 6.20 Å². The summed E-state index contributed by atoms with van der Waals surface area (Å²) in [6, 6.07) is 7.21. The molecular formula is C10H7N2O. The molecule has 13 heavy (non-hydrogen) atoms. The molecular weight excluding hydrogens is 164 g/mol. The van der Waals surface area contributed by atoms with Gasteiger partial charge in [-0.1, -0.05) is 0 Å². The molecule has 2 aromatic heterocycles. The van der Waals surface area contributed by atoms with Crippen molar-refractivity contribution in [2.24, 2.45) is 0 Å². The van der Waals surface area contributed by atoms with Crippen molar-refractivity contribution >= 4 is 0 Å². The number of hydrogen-bond acceptors (Lipinski definition) is 2. The van der Waals surface area contributed by atoms with Crippen LogP contribution in [0.25, 0.3) is 11.1 Å². The van der Waals surface area contributed by atoms with Crippen LogP contribution < -0.4 is 4.73 Å². The van der Waals surface area contributed by atoms with Crippen LogP contribution in [0.15, 0.2) is 42.9 Å². The molecule has 2 heterocycles. The first-order valence-electron chi connectivity index (χ1n) is 3.88. The Labute approximate surface area is 75.9 Å². The molecule has 0 bridgehead atoms. The van der Waals surface area contributed by atoms with Gasteiger partial charge in [0.05, 0.1) is 5.56 Å². The molecule has 63 valence electrons. The molecule has 2 rings (SSSR count). The maximum absolute atomic E-state index is 10.9. The maximum Gasteiger partial charge on any atom is 0.298 e. The number of nitrogens with zero attached hydrogens (tertiary/aromatic N) is 2. The van der Waals surface area contributed by atoms with Crippen LogP contribution in [0.4, 0.5) is 0 Å². The third-order valence-electron chi connectivity index (χ3n) is 1.71. The van der Waals surface area contributed by atoms with Crippen molar-refractivity contribution in [3.63, 3.8) is 0 Å². The monoisotopic (exact) mass is 171 g/mol. The lowest BCUT2D eigenvalue weighted by Crippen LogP contribution is -2.24. The van der Waals surface area contributed by atoms with Crippen LogP contribution in [0.1, 0.15) is 0 Å². The van der Waals surface area contributed by atoms with Gasteiger partial charge in [-0.25, -0.2) is 0 Å². The van der Waals surface area contributed by atoms with Gasteiger partial charge in [-0.15, -0.1) is 0 Å². The molecule has 0 saturated carbocycles. The van der Waals surface area contributed by atoms with E-state index >= 15 is 0 Å². The molecule has 3 heteroatoms. The molecule has 0 aromatic carbocycles. The normalized spacial score (nSPS) is 9.85. The second kappa shape index (κ2) is 3.23. The zero-order valence-electron chi connectivity index (χ0n) is 6.84. The highest BCUT2D eigenvalue weighted by molar-refractivity contribution is 5.59. The summed E-state index contributed by atoms with van der Waals surface area (Å²) in [7, 11) is 0. The van der Waals surface area contributed by atoms with E-state index in [1.54, 1.807) is 18.5 Å². The molecule has 0 aliphatic carbocycles. The van der Waals surface area contributed by atoms with Crippen LogP contribution in [-0.4, -0.2) is 4.98 Å². The van der Waals surface area contributed by atoms with Crippen molar-refractivity contribution in [1.82, 2.24) is 4.98 Å². The Morgan fingerprint density at radius 2 is 2.00 bits per heavy atom. The number of rotatable bonds is 1. The zero-order valence-corrected chi connectivity index (χ0v) is 6.84. The molecule has 0 saturated heterocycles. The van der Waals surface area contributed by atoms with Gasteiger partial charge >= 0.3 is 0 Å². The van der Waals surface area contributed by atoms with Crippen LogP contribution >= 0.6 is 0 Å². The van der Waals surface area contributed by atoms with Gasteiger partial charge in [0, 0.05) is 18.5 Å². The Bertz CT molecular complexity index is 401. The summed E-state index contributed by atoms with van der Waals surface area (Å²) < 4.78 is 0.662. The Morgan fingerprint density at radius 3 is 2.69 bits per heavy atom. The topological polar surface area (TPSA) is 39.8 Å². The number of hydrogen-bond donors (Lipinski definition) is 0. The molecule has 0 amide bonds. The first-order valence-corrected chi connectivity index (χ1v) is 3.88. The second-order valence-electron chi connectivity index (χ2n) is 2.60. The zero-order chi connectivity index (χ0) is 9.10. The summed E-state index contributed by atoms with van der Waals surface area (Å²) in [5, 5.41) is 10.9. The van der Waals surface area contributed by atoms with Crippen molar-refractivity contribution in [2.45, 2.75) is 0 Å². The van der Waals surface area contributed by atoms with Gasteiger partial charge in [-0.05, 0) is 23.8 Å². The molecule has 1 radical (unpaired) electrons. The highest BCUT2D eigenvalue weighted by Gasteiger charge is 2.00. The lowest BCUT2D eigenvalue weighted by molar-refractivity contribution is -0.609. The molecule has 0 N–H and O–H groups in total. The molecule has 0 spiro atoms. The summed E-state index contributed by atoms with van der Waals surface area (Å²) >= 11 is 0. The van der Waals surface area contributed by atoms with E-state index < -0.39 is 0 Å². The van der Waals surface area contributed by atoms with Crippen LogP contribution in [-0.2, 0) is 0 Å². The molecule has 0 unspecified atom stereocenters. The predicted octanol–water partition coefficient (Wildman–Crippen LogP) is 1.18. The average Bonchev–Trinajstić information content (AvgIpc) is 2.19. The van der Waals surface area contributed by atoms with Crippen LogP contribution in [0.3, 0.4) is 0 Å². The van der Waals surface area contributed by atoms with Crippen molar-refractivity contribution in [3.8, 4) is 11.1 Å². The molecule has 0 fully saturated rings. The first kappa shape index (κ1) is 7.73. The van der Waals surface area contributed by atoms with E-state index in [0.717, 1.165) is 11.1 Å². The molecule has 2 aromatic rings. The van der Waals surface area contributed by atoms with E-state index in [1.165, 1.54) is 6.20 Å². The predicted molar refractivity (Wildman–Crippen MR) is 47.5 cm³/mol. The van der Waals surface area contributed by atoms with Crippen molar-refractivity contribution in [3.05, 3.63) is 54.3 Å². The van der Waals surface area contributed by atoms with E-state index in [2.05, 4.69) is 11.2 Å². The lowest BCUT2D eigenvalue weighted by atomic mass is 10.1. The van der Waals surface area contributed by atoms with Gasteiger partial charge in [-0.2, -0.15) is 4.73 Å². The minimum absolute atomic E-state index is 0.662. The number of pyridine rings is 2. The molecule has 0 atom stereocenters. The fourth-order valence-electron chi connectivity index (χ4n) is 1.10. The fraction of sp³-hybridized carbons (Fsp3) is 0. The summed E-state index contributed by atoms with van der Waals surface area (Å²) in [6.45, 7) is 0. The van der Waals surface area contributed by atoms with E-state index in [9.17, 15) is 5.21 Å². The largest absolute Gasteiger partial charge is 0.618 e. The van der Waals surface area contributed by atoms with Crippen molar-refractivity contribution in [2.75, 3.05) is 0 Å². The molecule has 0 aliphatic rings. The van der Waals surface area contributed by atoms with Crippen LogP contribution in [0.5, 0.6) is 0 Å². The fourth-order valence-corrected chi connectivity index (χ4v) is 1.10. The van der Waals surface area contributed by atoms with E-state index in [-0.39, 0.29) is 0 Å². The van der Waals surface area contributed by atoms with Crippen LogP contribution in [0, 0.1) is 11.4 Å². The molecule has 3 nitrogen and oxygen atoms in total. The Morgan fingerprint density at radius 1 is 1.23 bits per heavy atom. The summed E-state index contributed by atoms with van der Waals surface area (Å²) in [4.78, 5) is 3.89. The first-order chi connectivity index (χ1) is 6.36. The van der Waals surface area contributed by atoms with Gasteiger partial charge in [0.2, 0.25) is 0 Å². The summed E-state index contributed by atoms with van der Waals surface area (Å²) in [5.41, 5.74) is 1.72. The van der Waals surface area contributed by atoms with Gasteiger partial charge in [0.1, 0.15) is 0 Å². The Balaban J connectivity index is 2.48. The minimum atomic E-state index is 0.662. The second-order valence-corrected chi connectivity index (χ2v) is 2.60. The SMILES string of the molecule is [O-][n+]1[c]c(-c2ccncc2)ccc1. The van der Waals surface area contributed by atoms with E-state index in [0.29, 0.717) is 4.73 Å². The summed E-state index contributed by atoms with van der Waals surface area (Å²) in [5.74, 6) is 0. The third kappa shape index (κ3) is 1.64. The highest BCUT2D eigenvalue weighted by Crippen LogP contribution is 2.14.